The van der Waals surface area contributed by atoms with Gasteiger partial charge in [0.05, 0.1) is 0 Å². The highest BCUT2D eigenvalue weighted by Gasteiger charge is 2.08. The molecule has 1 atom stereocenters. The SMILES string of the molecule is CCCCC(CSCC)NC(C)=O. The molecule has 0 saturated carbocycles. The van der Waals surface area contributed by atoms with E-state index < -0.39 is 0 Å². The lowest BCUT2D eigenvalue weighted by Crippen LogP contribution is -2.35. The van der Waals surface area contributed by atoms with E-state index in [1.807, 2.05) is 11.8 Å². The van der Waals surface area contributed by atoms with Gasteiger partial charge in [0.2, 0.25) is 5.91 Å². The lowest BCUT2D eigenvalue weighted by Gasteiger charge is -2.16. The molecule has 3 heteroatoms. The molecule has 1 amide bonds. The number of rotatable bonds is 7. The van der Waals surface area contributed by atoms with Crippen molar-refractivity contribution in [2.75, 3.05) is 11.5 Å². The van der Waals surface area contributed by atoms with Gasteiger partial charge in [-0.25, -0.2) is 0 Å². The van der Waals surface area contributed by atoms with Gasteiger partial charge in [-0.2, -0.15) is 11.8 Å². The first-order valence-electron chi connectivity index (χ1n) is 5.05. The van der Waals surface area contributed by atoms with Crippen molar-refractivity contribution < 1.29 is 4.79 Å². The Morgan fingerprint density at radius 3 is 2.62 bits per heavy atom. The number of unbranched alkanes of at least 4 members (excludes halogenated alkanes) is 1. The molecular formula is C10H21NOS. The van der Waals surface area contributed by atoms with Gasteiger partial charge in [-0.3, -0.25) is 4.79 Å². The summed E-state index contributed by atoms with van der Waals surface area (Å²) in [6.07, 6.45) is 3.52. The molecular weight excluding hydrogens is 182 g/mol. The van der Waals surface area contributed by atoms with E-state index in [2.05, 4.69) is 19.2 Å². The van der Waals surface area contributed by atoms with Gasteiger partial charge < -0.3 is 5.32 Å². The number of nitrogens with one attached hydrogen (secondary N) is 1. The molecule has 0 aliphatic rings. The van der Waals surface area contributed by atoms with Crippen LogP contribution in [-0.4, -0.2) is 23.5 Å². The molecule has 1 unspecified atom stereocenters. The minimum absolute atomic E-state index is 0.0952. The summed E-state index contributed by atoms with van der Waals surface area (Å²) in [6, 6.07) is 0.377. The zero-order valence-corrected chi connectivity index (χ0v) is 9.75. The third-order valence-electron chi connectivity index (χ3n) is 1.84. The average Bonchev–Trinajstić information content (AvgIpc) is 2.09. The maximum absolute atomic E-state index is 10.9. The average molecular weight is 203 g/mol. The largest absolute Gasteiger partial charge is 0.353 e. The Bertz CT molecular complexity index is 131. The fourth-order valence-corrected chi connectivity index (χ4v) is 1.97. The maximum atomic E-state index is 10.9. The summed E-state index contributed by atoms with van der Waals surface area (Å²) in [4.78, 5) is 10.9. The van der Waals surface area contributed by atoms with Gasteiger partial charge in [0.1, 0.15) is 0 Å². The van der Waals surface area contributed by atoms with Crippen molar-refractivity contribution in [1.29, 1.82) is 0 Å². The highest BCUT2D eigenvalue weighted by molar-refractivity contribution is 7.99. The van der Waals surface area contributed by atoms with Gasteiger partial charge in [0, 0.05) is 18.7 Å². The molecule has 2 nitrogen and oxygen atoms in total. The van der Waals surface area contributed by atoms with Crippen LogP contribution < -0.4 is 5.32 Å². The number of hydrogen-bond donors (Lipinski definition) is 1. The zero-order valence-electron chi connectivity index (χ0n) is 8.93. The van der Waals surface area contributed by atoms with Crippen molar-refractivity contribution in [3.05, 3.63) is 0 Å². The first-order valence-corrected chi connectivity index (χ1v) is 6.21. The fourth-order valence-electron chi connectivity index (χ4n) is 1.20. The number of carbonyl (C=O) groups excluding carboxylic acids is 1. The molecule has 13 heavy (non-hydrogen) atoms. The minimum atomic E-state index is 0.0952. The molecule has 0 bridgehead atoms. The quantitative estimate of drug-likeness (QED) is 0.688. The maximum Gasteiger partial charge on any atom is 0.217 e. The Hall–Kier alpha value is -0.180. The van der Waals surface area contributed by atoms with Crippen LogP contribution in [0.3, 0.4) is 0 Å². The molecule has 0 aliphatic carbocycles. The third-order valence-corrected chi connectivity index (χ3v) is 2.88. The molecule has 0 aromatic rings. The van der Waals surface area contributed by atoms with E-state index in [1.165, 1.54) is 12.8 Å². The van der Waals surface area contributed by atoms with Crippen molar-refractivity contribution in [1.82, 2.24) is 5.32 Å². The van der Waals surface area contributed by atoms with Crippen LogP contribution in [0.25, 0.3) is 0 Å². The van der Waals surface area contributed by atoms with Crippen molar-refractivity contribution in [2.45, 2.75) is 46.1 Å². The summed E-state index contributed by atoms with van der Waals surface area (Å²) in [7, 11) is 0. The van der Waals surface area contributed by atoms with E-state index >= 15 is 0 Å². The highest BCUT2D eigenvalue weighted by Crippen LogP contribution is 2.08. The van der Waals surface area contributed by atoms with E-state index in [9.17, 15) is 4.79 Å². The predicted octanol–water partition coefficient (Wildman–Crippen LogP) is 2.43. The second-order valence-electron chi connectivity index (χ2n) is 3.20. The molecule has 0 heterocycles. The second kappa shape index (κ2) is 8.42. The van der Waals surface area contributed by atoms with Crippen molar-refractivity contribution in [3.8, 4) is 0 Å². The number of carbonyl (C=O) groups is 1. The molecule has 1 N–H and O–H groups in total. The van der Waals surface area contributed by atoms with Crippen LogP contribution in [0.1, 0.15) is 40.0 Å². The molecule has 0 fully saturated rings. The van der Waals surface area contributed by atoms with Crippen molar-refractivity contribution in [2.24, 2.45) is 0 Å². The lowest BCUT2D eigenvalue weighted by atomic mass is 10.1. The van der Waals surface area contributed by atoms with Crippen LogP contribution in [0.15, 0.2) is 0 Å². The summed E-state index contributed by atoms with van der Waals surface area (Å²) in [5.41, 5.74) is 0. The van der Waals surface area contributed by atoms with Crippen LogP contribution in [0.5, 0.6) is 0 Å². The fraction of sp³-hybridized carbons (Fsp3) is 0.900. The van der Waals surface area contributed by atoms with E-state index in [0.717, 1.165) is 17.9 Å². The molecule has 0 radical (unpaired) electrons. The lowest BCUT2D eigenvalue weighted by molar-refractivity contribution is -0.119. The van der Waals surface area contributed by atoms with Gasteiger partial charge in [0.25, 0.3) is 0 Å². The van der Waals surface area contributed by atoms with E-state index in [1.54, 1.807) is 6.92 Å². The van der Waals surface area contributed by atoms with Crippen LogP contribution in [0.2, 0.25) is 0 Å². The van der Waals surface area contributed by atoms with E-state index in [-0.39, 0.29) is 5.91 Å². The van der Waals surface area contributed by atoms with E-state index in [4.69, 9.17) is 0 Å². The number of thioether (sulfide) groups is 1. The zero-order chi connectivity index (χ0) is 10.1. The first kappa shape index (κ1) is 12.8. The highest BCUT2D eigenvalue weighted by atomic mass is 32.2. The van der Waals surface area contributed by atoms with Crippen LogP contribution >= 0.6 is 11.8 Å². The van der Waals surface area contributed by atoms with Crippen LogP contribution in [0, 0.1) is 0 Å². The van der Waals surface area contributed by atoms with E-state index in [0.29, 0.717) is 6.04 Å². The normalized spacial score (nSPS) is 12.5. The molecule has 0 saturated heterocycles. The minimum Gasteiger partial charge on any atom is -0.353 e. The second-order valence-corrected chi connectivity index (χ2v) is 4.52. The topological polar surface area (TPSA) is 29.1 Å². The Kier molecular flexibility index (Phi) is 8.30. The first-order chi connectivity index (χ1) is 6.20. The summed E-state index contributed by atoms with van der Waals surface area (Å²) in [6.45, 7) is 5.92. The third kappa shape index (κ3) is 8.16. The van der Waals surface area contributed by atoms with Gasteiger partial charge in [-0.1, -0.05) is 26.7 Å². The summed E-state index contributed by atoms with van der Waals surface area (Å²) >= 11 is 1.89. The van der Waals surface area contributed by atoms with Gasteiger partial charge in [-0.15, -0.1) is 0 Å². The van der Waals surface area contributed by atoms with Gasteiger partial charge in [-0.05, 0) is 12.2 Å². The molecule has 0 aromatic heterocycles. The monoisotopic (exact) mass is 203 g/mol. The van der Waals surface area contributed by atoms with Crippen LogP contribution in [-0.2, 0) is 4.79 Å². The summed E-state index contributed by atoms with van der Waals surface area (Å²) in [5, 5.41) is 2.99. The smallest absolute Gasteiger partial charge is 0.217 e. The summed E-state index contributed by atoms with van der Waals surface area (Å²) < 4.78 is 0. The van der Waals surface area contributed by atoms with Gasteiger partial charge >= 0.3 is 0 Å². The standard InChI is InChI=1S/C10H21NOS/c1-4-6-7-10(8-13-5-2)11-9(3)12/h10H,4-8H2,1-3H3,(H,11,12). The molecule has 78 valence electrons. The van der Waals surface area contributed by atoms with Gasteiger partial charge in [0.15, 0.2) is 0 Å². The predicted molar refractivity (Wildman–Crippen MR) is 60.1 cm³/mol. The van der Waals surface area contributed by atoms with Crippen molar-refractivity contribution >= 4 is 17.7 Å². The molecule has 0 aliphatic heterocycles. The Morgan fingerprint density at radius 1 is 1.46 bits per heavy atom. The molecule has 0 rings (SSSR count). The Labute approximate surface area is 85.9 Å². The Balaban J connectivity index is 3.66. The molecule has 0 aromatic carbocycles. The number of hydrogen-bond acceptors (Lipinski definition) is 2. The summed E-state index contributed by atoms with van der Waals surface area (Å²) in [5.74, 6) is 2.27. The molecule has 0 spiro atoms. The van der Waals surface area contributed by atoms with Crippen LogP contribution in [0.4, 0.5) is 0 Å². The van der Waals surface area contributed by atoms with Crippen molar-refractivity contribution in [3.63, 3.8) is 0 Å². The Morgan fingerprint density at radius 2 is 2.15 bits per heavy atom. The number of amides is 1.